The normalized spacial score (nSPS) is 14.4. The van der Waals surface area contributed by atoms with Crippen molar-refractivity contribution in [1.29, 1.82) is 0 Å². The topological polar surface area (TPSA) is 82.5 Å². The van der Waals surface area contributed by atoms with Gasteiger partial charge in [-0.2, -0.15) is 5.10 Å². The van der Waals surface area contributed by atoms with Crippen LogP contribution in [0.3, 0.4) is 0 Å². The first-order valence-electron chi connectivity index (χ1n) is 11.4. The molecular formula is C27H31N3O4. The summed E-state index contributed by atoms with van der Waals surface area (Å²) < 4.78 is 12.4. The maximum atomic E-state index is 12.7. The van der Waals surface area contributed by atoms with Crippen molar-refractivity contribution in [3.8, 4) is 17.2 Å². The van der Waals surface area contributed by atoms with Crippen molar-refractivity contribution in [3.05, 3.63) is 70.5 Å². The van der Waals surface area contributed by atoms with Crippen LogP contribution in [0.15, 0.2) is 42.5 Å². The Morgan fingerprint density at radius 2 is 1.76 bits per heavy atom. The summed E-state index contributed by atoms with van der Waals surface area (Å²) in [6.45, 7) is 6.59. The zero-order chi connectivity index (χ0) is 24.5. The fourth-order valence-electron chi connectivity index (χ4n) is 4.57. The monoisotopic (exact) mass is 461 g/mol. The van der Waals surface area contributed by atoms with Crippen molar-refractivity contribution >= 4 is 11.7 Å². The fraction of sp³-hybridized carbons (Fsp3) is 0.370. The summed E-state index contributed by atoms with van der Waals surface area (Å²) in [5.41, 5.74) is 4.82. The number of aromatic nitrogens is 2. The molecule has 7 nitrogen and oxygen atoms in total. The molecule has 0 radical (unpaired) electrons. The van der Waals surface area contributed by atoms with Gasteiger partial charge in [0.25, 0.3) is 5.91 Å². The van der Waals surface area contributed by atoms with Crippen LogP contribution in [0.1, 0.15) is 57.9 Å². The van der Waals surface area contributed by atoms with Gasteiger partial charge in [0, 0.05) is 18.5 Å². The summed E-state index contributed by atoms with van der Waals surface area (Å²) in [6.07, 6.45) is 1.99. The molecule has 178 valence electrons. The first kappa shape index (κ1) is 23.5. The van der Waals surface area contributed by atoms with E-state index < -0.39 is 0 Å². The summed E-state index contributed by atoms with van der Waals surface area (Å²) in [5, 5.41) is 7.60. The van der Waals surface area contributed by atoms with Crippen molar-refractivity contribution < 1.29 is 19.1 Å². The number of ether oxygens (including phenoxy) is 2. The van der Waals surface area contributed by atoms with E-state index in [1.54, 1.807) is 26.4 Å². The average molecular weight is 462 g/mol. The molecular weight excluding hydrogens is 430 g/mol. The van der Waals surface area contributed by atoms with Crippen LogP contribution in [0.25, 0.3) is 5.69 Å². The highest BCUT2D eigenvalue weighted by molar-refractivity contribution is 6.00. The Bertz CT molecular complexity index is 1230. The van der Waals surface area contributed by atoms with E-state index in [0.717, 1.165) is 34.6 Å². The van der Waals surface area contributed by atoms with Crippen LogP contribution in [-0.4, -0.2) is 42.2 Å². The van der Waals surface area contributed by atoms with Crippen LogP contribution in [0.5, 0.6) is 11.5 Å². The highest BCUT2D eigenvalue weighted by Crippen LogP contribution is 2.37. The number of aryl methyl sites for hydroxylation is 1. The predicted molar refractivity (Wildman–Crippen MR) is 130 cm³/mol. The van der Waals surface area contributed by atoms with Crippen LogP contribution in [-0.2, 0) is 12.8 Å². The largest absolute Gasteiger partial charge is 0.493 e. The maximum absolute atomic E-state index is 12.7. The summed E-state index contributed by atoms with van der Waals surface area (Å²) >= 11 is 0. The number of Topliss-reactive ketones (excluding diaryl/α,β-unsaturated/α-hetero) is 1. The van der Waals surface area contributed by atoms with Gasteiger partial charge in [0.1, 0.15) is 0 Å². The van der Waals surface area contributed by atoms with E-state index in [1.807, 2.05) is 41.9 Å². The molecule has 0 unspecified atom stereocenters. The molecule has 0 saturated heterocycles. The average Bonchev–Trinajstić information content (AvgIpc) is 3.14. The molecule has 4 rings (SSSR count). The van der Waals surface area contributed by atoms with Gasteiger partial charge >= 0.3 is 0 Å². The number of nitrogens with zero attached hydrogens (tertiary/aromatic N) is 2. The second-order valence-electron chi connectivity index (χ2n) is 9.50. The van der Waals surface area contributed by atoms with Crippen molar-refractivity contribution in [2.24, 2.45) is 5.41 Å². The number of carbonyl (C=O) groups excluding carboxylic acids is 2. The molecule has 34 heavy (non-hydrogen) atoms. The summed E-state index contributed by atoms with van der Waals surface area (Å²) in [4.78, 5) is 25.3. The third-order valence-corrected chi connectivity index (χ3v) is 6.24. The highest BCUT2D eigenvalue weighted by Gasteiger charge is 2.35. The first-order valence-corrected chi connectivity index (χ1v) is 11.4. The molecule has 0 bridgehead atoms. The Labute approximate surface area is 200 Å². The van der Waals surface area contributed by atoms with Crippen LogP contribution in [0, 0.1) is 12.3 Å². The molecule has 0 spiro atoms. The number of hydrogen-bond donors (Lipinski definition) is 1. The molecule has 7 heteroatoms. The third kappa shape index (κ3) is 4.69. The molecule has 2 aromatic carbocycles. The summed E-state index contributed by atoms with van der Waals surface area (Å²) in [5.74, 6) is 1.36. The number of nitrogens with one attached hydrogen (secondary N) is 1. The SMILES string of the molecule is COc1ccc(CCNC(=O)c2ccc(-n3nc(C)c4c3CC(C)(C)CC4=O)cc2)cc1OC. The minimum Gasteiger partial charge on any atom is -0.493 e. The van der Waals surface area contributed by atoms with Gasteiger partial charge in [-0.1, -0.05) is 19.9 Å². The molecule has 0 atom stereocenters. The van der Waals surface area contributed by atoms with Crippen LogP contribution >= 0.6 is 0 Å². The second kappa shape index (κ2) is 9.33. The Morgan fingerprint density at radius 1 is 1.06 bits per heavy atom. The lowest BCUT2D eigenvalue weighted by Crippen LogP contribution is -2.28. The standard InChI is InChI=1S/C27H31N3O4/c1-17-25-21(15-27(2,3)16-22(25)31)30(29-17)20-9-7-19(8-10-20)26(32)28-13-12-18-6-11-23(33-4)24(14-18)34-5/h6-11,14H,12-13,15-16H2,1-5H3,(H,28,32). The van der Waals surface area contributed by atoms with Gasteiger partial charge in [-0.3, -0.25) is 9.59 Å². The number of rotatable bonds is 7. The van der Waals surface area contributed by atoms with E-state index in [0.29, 0.717) is 36.4 Å². The first-order chi connectivity index (χ1) is 16.2. The Morgan fingerprint density at radius 3 is 2.44 bits per heavy atom. The van der Waals surface area contributed by atoms with Crippen molar-refractivity contribution in [1.82, 2.24) is 15.1 Å². The minimum atomic E-state index is -0.137. The van der Waals surface area contributed by atoms with E-state index in [9.17, 15) is 9.59 Å². The van der Waals surface area contributed by atoms with Gasteiger partial charge < -0.3 is 14.8 Å². The van der Waals surface area contributed by atoms with Gasteiger partial charge in [0.15, 0.2) is 17.3 Å². The molecule has 1 aromatic heterocycles. The summed E-state index contributed by atoms with van der Waals surface area (Å²) in [7, 11) is 3.21. The molecule has 1 aliphatic carbocycles. The van der Waals surface area contributed by atoms with Gasteiger partial charge in [-0.25, -0.2) is 4.68 Å². The van der Waals surface area contributed by atoms with Crippen LogP contribution < -0.4 is 14.8 Å². The van der Waals surface area contributed by atoms with E-state index >= 15 is 0 Å². The Hall–Kier alpha value is -3.61. The van der Waals surface area contributed by atoms with Crippen molar-refractivity contribution in [3.63, 3.8) is 0 Å². The number of carbonyl (C=O) groups is 2. The lowest BCUT2D eigenvalue weighted by Gasteiger charge is -2.29. The Balaban J connectivity index is 1.43. The molecule has 1 aliphatic rings. The third-order valence-electron chi connectivity index (χ3n) is 6.24. The molecule has 3 aromatic rings. The zero-order valence-corrected chi connectivity index (χ0v) is 20.4. The number of hydrogen-bond acceptors (Lipinski definition) is 5. The maximum Gasteiger partial charge on any atom is 0.251 e. The van der Waals surface area contributed by atoms with Gasteiger partial charge in [-0.05, 0) is 67.1 Å². The van der Waals surface area contributed by atoms with Gasteiger partial charge in [0.05, 0.1) is 36.9 Å². The number of ketones is 1. The van der Waals surface area contributed by atoms with E-state index in [2.05, 4.69) is 24.3 Å². The second-order valence-corrected chi connectivity index (χ2v) is 9.50. The van der Waals surface area contributed by atoms with Gasteiger partial charge in [0.2, 0.25) is 0 Å². The number of benzene rings is 2. The van der Waals surface area contributed by atoms with Gasteiger partial charge in [-0.15, -0.1) is 0 Å². The fourth-order valence-corrected chi connectivity index (χ4v) is 4.57. The minimum absolute atomic E-state index is 0.0952. The van der Waals surface area contributed by atoms with Crippen LogP contribution in [0.2, 0.25) is 0 Å². The molecule has 0 fully saturated rings. The number of methoxy groups -OCH3 is 2. The van der Waals surface area contributed by atoms with Crippen molar-refractivity contribution in [2.45, 2.75) is 40.0 Å². The van der Waals surface area contributed by atoms with E-state index in [1.165, 1.54) is 0 Å². The smallest absolute Gasteiger partial charge is 0.251 e. The van der Waals surface area contributed by atoms with Crippen molar-refractivity contribution in [2.75, 3.05) is 20.8 Å². The molecule has 1 heterocycles. The number of fused-ring (bicyclic) bond motifs is 1. The number of amides is 1. The lowest BCUT2D eigenvalue weighted by molar-refractivity contribution is 0.0908. The zero-order valence-electron chi connectivity index (χ0n) is 20.4. The molecule has 0 saturated carbocycles. The molecule has 1 amide bonds. The highest BCUT2D eigenvalue weighted by atomic mass is 16.5. The van der Waals surface area contributed by atoms with E-state index in [4.69, 9.17) is 9.47 Å². The molecule has 1 N–H and O–H groups in total. The summed E-state index contributed by atoms with van der Waals surface area (Å²) in [6, 6.07) is 13.1. The lowest BCUT2D eigenvalue weighted by atomic mass is 9.75. The Kier molecular flexibility index (Phi) is 6.46. The molecule has 0 aliphatic heterocycles. The quantitative estimate of drug-likeness (QED) is 0.567. The van der Waals surface area contributed by atoms with Crippen LogP contribution in [0.4, 0.5) is 0 Å². The predicted octanol–water partition coefficient (Wildman–Crippen LogP) is 4.33. The van der Waals surface area contributed by atoms with E-state index in [-0.39, 0.29) is 17.1 Å².